The van der Waals surface area contributed by atoms with E-state index in [0.717, 1.165) is 38.1 Å². The first-order chi connectivity index (χ1) is 15.8. The lowest BCUT2D eigenvalue weighted by Gasteiger charge is -2.09. The summed E-state index contributed by atoms with van der Waals surface area (Å²) in [7, 11) is 0. The van der Waals surface area contributed by atoms with E-state index < -0.39 is 0 Å². The van der Waals surface area contributed by atoms with Crippen molar-refractivity contribution >= 4 is 11.7 Å². The molecule has 0 aliphatic heterocycles. The highest BCUT2D eigenvalue weighted by atomic mass is 16.6. The van der Waals surface area contributed by atoms with Crippen molar-refractivity contribution in [2.75, 3.05) is 71.3 Å². The summed E-state index contributed by atoms with van der Waals surface area (Å²) in [5.41, 5.74) is 1.55. The van der Waals surface area contributed by atoms with Crippen molar-refractivity contribution in [3.63, 3.8) is 0 Å². The van der Waals surface area contributed by atoms with E-state index >= 15 is 0 Å². The van der Waals surface area contributed by atoms with Gasteiger partial charge in [0.25, 0.3) is 0 Å². The number of rotatable bonds is 22. The maximum absolute atomic E-state index is 12.0. The molecule has 0 aliphatic carbocycles. The van der Waals surface area contributed by atoms with Crippen LogP contribution in [0.1, 0.15) is 62.7 Å². The molecule has 0 heterocycles. The Labute approximate surface area is 194 Å². The van der Waals surface area contributed by atoms with E-state index in [2.05, 4.69) is 19.2 Å². The number of benzene rings is 1. The van der Waals surface area contributed by atoms with Crippen molar-refractivity contribution in [3.8, 4) is 0 Å². The van der Waals surface area contributed by atoms with Crippen molar-refractivity contribution in [2.24, 2.45) is 0 Å². The van der Waals surface area contributed by atoms with Crippen molar-refractivity contribution in [1.29, 1.82) is 0 Å². The van der Waals surface area contributed by atoms with Crippen LogP contribution in [0.3, 0.4) is 0 Å². The lowest BCUT2D eigenvalue weighted by Crippen LogP contribution is -2.14. The Morgan fingerprint density at radius 2 is 1.19 bits per heavy atom. The van der Waals surface area contributed by atoms with Crippen LogP contribution in [0.4, 0.5) is 5.69 Å². The van der Waals surface area contributed by atoms with Gasteiger partial charge < -0.3 is 29.0 Å². The zero-order valence-corrected chi connectivity index (χ0v) is 20.1. The summed E-state index contributed by atoms with van der Waals surface area (Å²) < 4.78 is 27.1. The summed E-state index contributed by atoms with van der Waals surface area (Å²) in [6.07, 6.45) is 7.15. The predicted molar refractivity (Wildman–Crippen MR) is 128 cm³/mol. The molecule has 0 unspecified atom stereocenters. The third-order valence-electron chi connectivity index (χ3n) is 4.70. The van der Waals surface area contributed by atoms with Gasteiger partial charge in [-0.2, -0.15) is 0 Å². The van der Waals surface area contributed by atoms with E-state index in [1.807, 2.05) is 12.1 Å². The van der Waals surface area contributed by atoms with Gasteiger partial charge in [0.15, 0.2) is 0 Å². The number of hydrogen-bond acceptors (Lipinski definition) is 7. The fourth-order valence-electron chi connectivity index (χ4n) is 2.80. The van der Waals surface area contributed by atoms with E-state index in [1.165, 1.54) is 19.3 Å². The van der Waals surface area contributed by atoms with Gasteiger partial charge in [0.1, 0.15) is 6.61 Å². The highest BCUT2D eigenvalue weighted by molar-refractivity contribution is 5.89. The van der Waals surface area contributed by atoms with E-state index in [1.54, 1.807) is 12.1 Å². The van der Waals surface area contributed by atoms with Gasteiger partial charge in [-0.1, -0.05) is 39.5 Å². The Morgan fingerprint density at radius 3 is 1.75 bits per heavy atom. The second kappa shape index (κ2) is 21.2. The number of unbranched alkanes of at least 4 members (excludes halogenated alkanes) is 4. The van der Waals surface area contributed by atoms with E-state index in [-0.39, 0.29) is 12.6 Å². The zero-order valence-electron chi connectivity index (χ0n) is 20.1. The third-order valence-corrected chi connectivity index (χ3v) is 4.70. The normalized spacial score (nSPS) is 10.9. The minimum Gasteiger partial charge on any atom is -0.460 e. The minimum absolute atomic E-state index is 0.219. The molecule has 0 radical (unpaired) electrons. The fourth-order valence-corrected chi connectivity index (χ4v) is 2.80. The number of nitrogens with one attached hydrogen (secondary N) is 1. The van der Waals surface area contributed by atoms with Crippen LogP contribution >= 0.6 is 0 Å². The molecule has 1 aromatic carbocycles. The number of hydrogen-bond donors (Lipinski definition) is 1. The Balaban J connectivity index is 1.87. The van der Waals surface area contributed by atoms with Gasteiger partial charge in [-0.3, -0.25) is 0 Å². The monoisotopic (exact) mass is 453 g/mol. The number of ether oxygens (including phenoxy) is 5. The molecule has 0 aliphatic rings. The molecule has 1 rings (SSSR count). The molecular formula is C25H43NO6. The van der Waals surface area contributed by atoms with Gasteiger partial charge in [-0.15, -0.1) is 0 Å². The van der Waals surface area contributed by atoms with Crippen LogP contribution in [0.25, 0.3) is 0 Å². The molecule has 0 spiro atoms. The summed E-state index contributed by atoms with van der Waals surface area (Å²) in [5, 5.41) is 3.32. The van der Waals surface area contributed by atoms with Crippen LogP contribution in [0, 0.1) is 0 Å². The number of anilines is 1. The first-order valence-electron chi connectivity index (χ1n) is 12.1. The molecule has 32 heavy (non-hydrogen) atoms. The SMILES string of the molecule is CCCCCCOCCOCCOCCOCCOC(=O)c1ccc(NCCCC)cc1. The van der Waals surface area contributed by atoms with E-state index in [0.29, 0.717) is 51.8 Å². The lowest BCUT2D eigenvalue weighted by molar-refractivity contribution is -0.00913. The van der Waals surface area contributed by atoms with Gasteiger partial charge in [0.2, 0.25) is 0 Å². The first-order valence-corrected chi connectivity index (χ1v) is 12.1. The molecule has 0 amide bonds. The molecule has 1 N–H and O–H groups in total. The Kier molecular flexibility index (Phi) is 18.8. The van der Waals surface area contributed by atoms with Gasteiger partial charge in [-0.25, -0.2) is 4.79 Å². The summed E-state index contributed by atoms with van der Waals surface area (Å²) >= 11 is 0. The molecule has 1 aromatic rings. The van der Waals surface area contributed by atoms with Crippen LogP contribution in [0.5, 0.6) is 0 Å². The number of esters is 1. The molecule has 0 fully saturated rings. The average molecular weight is 454 g/mol. The van der Waals surface area contributed by atoms with Crippen LogP contribution in [0.15, 0.2) is 24.3 Å². The summed E-state index contributed by atoms with van der Waals surface area (Å²) in [4.78, 5) is 12.0. The summed E-state index contributed by atoms with van der Waals surface area (Å²) in [6.45, 7) is 9.91. The molecule has 7 nitrogen and oxygen atoms in total. The second-order valence-electron chi connectivity index (χ2n) is 7.50. The summed E-state index contributed by atoms with van der Waals surface area (Å²) in [5.74, 6) is -0.341. The zero-order chi connectivity index (χ0) is 23.1. The van der Waals surface area contributed by atoms with Gasteiger partial charge >= 0.3 is 5.97 Å². The number of carbonyl (C=O) groups is 1. The first kappa shape index (κ1) is 28.4. The van der Waals surface area contributed by atoms with Crippen LogP contribution in [-0.4, -0.2) is 72.0 Å². The highest BCUT2D eigenvalue weighted by Crippen LogP contribution is 2.10. The van der Waals surface area contributed by atoms with Crippen molar-refractivity contribution in [3.05, 3.63) is 29.8 Å². The minimum atomic E-state index is -0.341. The fraction of sp³-hybridized carbons (Fsp3) is 0.720. The maximum Gasteiger partial charge on any atom is 0.338 e. The highest BCUT2D eigenvalue weighted by Gasteiger charge is 2.06. The molecule has 0 saturated heterocycles. The molecule has 0 saturated carbocycles. The second-order valence-corrected chi connectivity index (χ2v) is 7.50. The van der Waals surface area contributed by atoms with Crippen LogP contribution in [0.2, 0.25) is 0 Å². The van der Waals surface area contributed by atoms with Gasteiger partial charge in [0, 0.05) is 18.8 Å². The molecular weight excluding hydrogens is 410 g/mol. The Morgan fingerprint density at radius 1 is 0.656 bits per heavy atom. The Bertz CT molecular complexity index is 552. The smallest absolute Gasteiger partial charge is 0.338 e. The van der Waals surface area contributed by atoms with Crippen LogP contribution in [-0.2, 0) is 23.7 Å². The lowest BCUT2D eigenvalue weighted by atomic mass is 10.2. The average Bonchev–Trinajstić information content (AvgIpc) is 2.81. The predicted octanol–water partition coefficient (Wildman–Crippen LogP) is 4.70. The molecule has 184 valence electrons. The quantitative estimate of drug-likeness (QED) is 0.201. The molecule has 0 aromatic heterocycles. The van der Waals surface area contributed by atoms with Crippen LogP contribution < -0.4 is 5.32 Å². The van der Waals surface area contributed by atoms with Gasteiger partial charge in [-0.05, 0) is 37.1 Å². The van der Waals surface area contributed by atoms with Crippen molar-refractivity contribution in [1.82, 2.24) is 0 Å². The molecule has 0 bridgehead atoms. The largest absolute Gasteiger partial charge is 0.460 e. The van der Waals surface area contributed by atoms with E-state index in [4.69, 9.17) is 23.7 Å². The topological polar surface area (TPSA) is 75.2 Å². The van der Waals surface area contributed by atoms with Gasteiger partial charge in [0.05, 0.1) is 51.8 Å². The maximum atomic E-state index is 12.0. The van der Waals surface area contributed by atoms with Crippen molar-refractivity contribution in [2.45, 2.75) is 52.4 Å². The standard InChI is InChI=1S/C25H43NO6/c1-3-5-7-8-14-28-15-16-29-17-18-30-19-20-31-21-22-32-25(27)23-9-11-24(12-10-23)26-13-6-4-2/h9-12,26H,3-8,13-22H2,1-2H3. The Hall–Kier alpha value is -1.67. The number of carbonyl (C=O) groups excluding carboxylic acids is 1. The third kappa shape index (κ3) is 16.0. The van der Waals surface area contributed by atoms with E-state index in [9.17, 15) is 4.79 Å². The molecule has 7 heteroatoms. The van der Waals surface area contributed by atoms with Crippen molar-refractivity contribution < 1.29 is 28.5 Å². The molecule has 0 atom stereocenters. The summed E-state index contributed by atoms with van der Waals surface area (Å²) in [6, 6.07) is 7.33.